The second-order valence-electron chi connectivity index (χ2n) is 12.0. The Morgan fingerprint density at radius 3 is 2.36 bits per heavy atom. The van der Waals surface area contributed by atoms with Gasteiger partial charge in [-0.1, -0.05) is 13.8 Å². The van der Waals surface area contributed by atoms with Crippen molar-refractivity contribution in [2.75, 3.05) is 55.0 Å². The van der Waals surface area contributed by atoms with Crippen LogP contribution >= 0.6 is 0 Å². The van der Waals surface area contributed by atoms with E-state index in [2.05, 4.69) is 39.0 Å². The largest absolute Gasteiger partial charge is 0.374 e. The van der Waals surface area contributed by atoms with Crippen molar-refractivity contribution in [2.45, 2.75) is 52.3 Å². The summed E-state index contributed by atoms with van der Waals surface area (Å²) in [6.07, 6.45) is 0.322. The normalized spacial score (nSPS) is 21.1. The number of nitrogens with zero attached hydrogens (tertiary/aromatic N) is 5. The van der Waals surface area contributed by atoms with Crippen LogP contribution in [0.5, 0.6) is 0 Å². The lowest BCUT2D eigenvalue weighted by Crippen LogP contribution is -2.55. The lowest BCUT2D eigenvalue weighted by molar-refractivity contribution is 0.0109. The first-order chi connectivity index (χ1) is 21.3. The van der Waals surface area contributed by atoms with Crippen molar-refractivity contribution in [2.24, 2.45) is 5.92 Å². The molecule has 14 heteroatoms. The third kappa shape index (κ3) is 6.66. The van der Waals surface area contributed by atoms with Crippen LogP contribution in [0.3, 0.4) is 0 Å². The number of hydrogen-bond acceptors (Lipinski definition) is 8. The summed E-state index contributed by atoms with van der Waals surface area (Å²) < 4.78 is 65.7. The predicted octanol–water partition coefficient (Wildman–Crippen LogP) is 4.69. The first-order valence-corrected chi connectivity index (χ1v) is 14.9. The number of morpholine rings is 1. The molecule has 0 saturated carbocycles. The van der Waals surface area contributed by atoms with E-state index < -0.39 is 46.2 Å². The molecule has 1 amide bonds. The predicted molar refractivity (Wildman–Crippen MR) is 163 cm³/mol. The van der Waals surface area contributed by atoms with Gasteiger partial charge in [0, 0.05) is 80.1 Å². The number of piperazine rings is 1. The second-order valence-corrected chi connectivity index (χ2v) is 12.0. The average molecular weight is 632 g/mol. The summed E-state index contributed by atoms with van der Waals surface area (Å²) in [6.45, 7) is 10.4. The highest BCUT2D eigenvalue weighted by Gasteiger charge is 2.32. The zero-order valence-electron chi connectivity index (χ0n) is 25.8. The lowest BCUT2D eigenvalue weighted by atomic mass is 10.0. The van der Waals surface area contributed by atoms with Gasteiger partial charge in [-0.15, -0.1) is 0 Å². The standard InChI is InChI=1S/C31H37F4N7O3/c1-16(2)24-15-41(6-7-45-24)31-37-10-19(11-38-31)26-22(32)9-23(42-13-17(3)40(5)18(4)14-42)28(27(26)33)39-30(44)21-12-36-25(43)8-20(21)29(34)35/h8-12,16-18,24,29H,6-7,13-15H2,1-5H3,(H,36,43)(H,39,44)/t17-,18+,24?. The van der Waals surface area contributed by atoms with Gasteiger partial charge in [-0.05, 0) is 26.8 Å². The number of likely N-dealkylation sites (N-methyl/N-ethyl adjacent to an activating group) is 1. The van der Waals surface area contributed by atoms with Crippen LogP contribution in [0.1, 0.15) is 50.0 Å². The monoisotopic (exact) mass is 631 g/mol. The van der Waals surface area contributed by atoms with Gasteiger partial charge < -0.3 is 24.8 Å². The highest BCUT2D eigenvalue weighted by Crippen LogP contribution is 2.39. The maximum atomic E-state index is 16.5. The molecule has 2 saturated heterocycles. The highest BCUT2D eigenvalue weighted by molar-refractivity contribution is 6.07. The second kappa shape index (κ2) is 13.1. The number of aromatic amines is 1. The first kappa shape index (κ1) is 32.4. The fourth-order valence-electron chi connectivity index (χ4n) is 5.76. The number of anilines is 3. The van der Waals surface area contributed by atoms with Gasteiger partial charge in [-0.2, -0.15) is 0 Å². The number of benzene rings is 1. The van der Waals surface area contributed by atoms with E-state index in [0.29, 0.717) is 44.8 Å². The van der Waals surface area contributed by atoms with Gasteiger partial charge in [-0.25, -0.2) is 27.5 Å². The summed E-state index contributed by atoms with van der Waals surface area (Å²) in [5.41, 5.74) is -2.95. The molecule has 2 aliphatic rings. The number of H-pyrrole nitrogens is 1. The van der Waals surface area contributed by atoms with Gasteiger partial charge in [-0.3, -0.25) is 14.5 Å². The van der Waals surface area contributed by atoms with Crippen LogP contribution in [0.15, 0.2) is 35.5 Å². The maximum Gasteiger partial charge on any atom is 0.264 e. The summed E-state index contributed by atoms with van der Waals surface area (Å²) in [4.78, 5) is 41.8. The van der Waals surface area contributed by atoms with Gasteiger partial charge in [0.2, 0.25) is 11.5 Å². The maximum absolute atomic E-state index is 16.5. The smallest absolute Gasteiger partial charge is 0.264 e. The van der Waals surface area contributed by atoms with Crippen molar-refractivity contribution in [1.82, 2.24) is 19.9 Å². The van der Waals surface area contributed by atoms with Crippen LogP contribution in [0.2, 0.25) is 0 Å². The number of ether oxygens (including phenoxy) is 1. The van der Waals surface area contributed by atoms with Crippen LogP contribution < -0.4 is 20.7 Å². The Morgan fingerprint density at radius 2 is 1.73 bits per heavy atom. The third-order valence-corrected chi connectivity index (χ3v) is 8.62. The van der Waals surface area contributed by atoms with Gasteiger partial charge in [0.25, 0.3) is 12.3 Å². The number of carbonyl (C=O) groups excluding carboxylic acids is 1. The molecule has 1 unspecified atom stereocenters. The third-order valence-electron chi connectivity index (χ3n) is 8.62. The van der Waals surface area contributed by atoms with Crippen molar-refractivity contribution in [3.63, 3.8) is 0 Å². The molecule has 0 radical (unpaired) electrons. The van der Waals surface area contributed by atoms with E-state index in [1.54, 1.807) is 4.90 Å². The first-order valence-electron chi connectivity index (χ1n) is 14.9. The Morgan fingerprint density at radius 1 is 1.07 bits per heavy atom. The Labute approximate surface area is 258 Å². The number of alkyl halides is 2. The van der Waals surface area contributed by atoms with Crippen LogP contribution in [0.25, 0.3) is 11.1 Å². The van der Waals surface area contributed by atoms with E-state index in [9.17, 15) is 18.4 Å². The lowest BCUT2D eigenvalue weighted by Gasteiger charge is -2.44. The SMILES string of the molecule is CC(C)C1CN(c2ncc(-c3c(F)cc(N4C[C@@H](C)N(C)[C@@H](C)C4)c(NC(=O)c4c[nH]c(=O)cc4C(F)F)c3F)cn2)CCO1. The molecule has 4 heterocycles. The van der Waals surface area contributed by atoms with E-state index in [4.69, 9.17) is 4.74 Å². The van der Waals surface area contributed by atoms with Crippen molar-refractivity contribution in [3.8, 4) is 11.1 Å². The Bertz CT molecular complexity index is 1590. The molecule has 2 aromatic heterocycles. The van der Waals surface area contributed by atoms with Crippen molar-refractivity contribution < 1.29 is 27.1 Å². The zero-order chi connectivity index (χ0) is 32.6. The number of carbonyl (C=O) groups is 1. The molecule has 2 N–H and O–H groups in total. The molecule has 0 bridgehead atoms. The number of hydrogen-bond donors (Lipinski definition) is 2. The van der Waals surface area contributed by atoms with Gasteiger partial charge >= 0.3 is 0 Å². The molecule has 45 heavy (non-hydrogen) atoms. The van der Waals surface area contributed by atoms with Crippen LogP contribution in [-0.2, 0) is 4.74 Å². The number of amides is 1. The fraction of sp³-hybridized carbons (Fsp3) is 0.484. The van der Waals surface area contributed by atoms with E-state index in [0.717, 1.165) is 12.3 Å². The van der Waals surface area contributed by atoms with Gasteiger partial charge in [0.15, 0.2) is 5.82 Å². The number of pyridine rings is 1. The molecule has 3 aromatic rings. The minimum atomic E-state index is -3.14. The number of nitrogens with one attached hydrogen (secondary N) is 2. The van der Waals surface area contributed by atoms with E-state index in [-0.39, 0.29) is 41.0 Å². The average Bonchev–Trinajstić information content (AvgIpc) is 3.01. The summed E-state index contributed by atoms with van der Waals surface area (Å²) in [5, 5.41) is 2.41. The minimum Gasteiger partial charge on any atom is -0.374 e. The molecular formula is C31H37F4N7O3. The molecule has 0 aliphatic carbocycles. The minimum absolute atomic E-state index is 0.00385. The van der Waals surface area contributed by atoms with E-state index in [1.165, 1.54) is 12.4 Å². The number of aromatic nitrogens is 3. The van der Waals surface area contributed by atoms with Crippen LogP contribution in [-0.4, -0.2) is 83.8 Å². The molecule has 3 atom stereocenters. The van der Waals surface area contributed by atoms with E-state index >= 15 is 8.78 Å². The Balaban J connectivity index is 1.55. The summed E-state index contributed by atoms with van der Waals surface area (Å²) in [7, 11) is 1.95. The Kier molecular flexibility index (Phi) is 9.44. The molecular weight excluding hydrogens is 594 g/mol. The fourth-order valence-corrected chi connectivity index (χ4v) is 5.76. The molecule has 2 fully saturated rings. The highest BCUT2D eigenvalue weighted by atomic mass is 19.3. The van der Waals surface area contributed by atoms with Crippen LogP contribution in [0.4, 0.5) is 34.9 Å². The topological polar surface area (TPSA) is 107 Å². The zero-order valence-corrected chi connectivity index (χ0v) is 25.8. The van der Waals surface area contributed by atoms with Crippen LogP contribution in [0, 0.1) is 17.6 Å². The van der Waals surface area contributed by atoms with Crippen molar-refractivity contribution >= 4 is 23.2 Å². The molecule has 2 aliphatic heterocycles. The van der Waals surface area contributed by atoms with Crippen molar-refractivity contribution in [3.05, 3.63) is 63.8 Å². The molecule has 242 valence electrons. The molecule has 10 nitrogen and oxygen atoms in total. The summed E-state index contributed by atoms with van der Waals surface area (Å²) in [6, 6.07) is 1.75. The molecule has 0 spiro atoms. The van der Waals surface area contributed by atoms with E-state index in [1.807, 2.05) is 25.8 Å². The summed E-state index contributed by atoms with van der Waals surface area (Å²) in [5.74, 6) is -2.44. The van der Waals surface area contributed by atoms with Crippen molar-refractivity contribution in [1.29, 1.82) is 0 Å². The molecule has 5 rings (SSSR count). The number of halogens is 4. The number of rotatable bonds is 7. The van der Waals surface area contributed by atoms with Gasteiger partial charge in [0.1, 0.15) is 11.5 Å². The quantitative estimate of drug-likeness (QED) is 0.362. The van der Waals surface area contributed by atoms with Gasteiger partial charge in [0.05, 0.1) is 29.5 Å². The summed E-state index contributed by atoms with van der Waals surface area (Å²) >= 11 is 0. The molecule has 1 aromatic carbocycles. The Hall–Kier alpha value is -4.04.